The molecule has 0 radical (unpaired) electrons. The van der Waals surface area contributed by atoms with Crippen molar-refractivity contribution >= 4 is 0 Å². The first-order valence-electron chi connectivity index (χ1n) is 8.13. The Kier molecular flexibility index (Phi) is 7.96. The fourth-order valence-corrected chi connectivity index (χ4v) is 2.94. The summed E-state index contributed by atoms with van der Waals surface area (Å²) < 4.78 is 0. The van der Waals surface area contributed by atoms with Crippen LogP contribution in [0, 0.1) is 11.8 Å². The van der Waals surface area contributed by atoms with Gasteiger partial charge in [-0.1, -0.05) is 20.8 Å². The lowest BCUT2D eigenvalue weighted by Gasteiger charge is -2.34. The van der Waals surface area contributed by atoms with E-state index in [1.54, 1.807) is 0 Å². The van der Waals surface area contributed by atoms with Crippen LogP contribution in [0.1, 0.15) is 40.0 Å². The molecule has 114 valence electrons. The summed E-state index contributed by atoms with van der Waals surface area (Å²) in [6.45, 7) is 13.1. The van der Waals surface area contributed by atoms with Crippen LogP contribution >= 0.6 is 0 Å². The first-order chi connectivity index (χ1) is 9.02. The van der Waals surface area contributed by atoms with Gasteiger partial charge in [0.25, 0.3) is 0 Å². The van der Waals surface area contributed by atoms with Gasteiger partial charge in [0.2, 0.25) is 0 Å². The summed E-state index contributed by atoms with van der Waals surface area (Å²) >= 11 is 0. The summed E-state index contributed by atoms with van der Waals surface area (Å²) in [6.07, 6.45) is 3.97. The van der Waals surface area contributed by atoms with Gasteiger partial charge in [0.1, 0.15) is 0 Å². The smallest absolute Gasteiger partial charge is 0.0217 e. The standard InChI is InChI=1S/C16H35N3/c1-6-9-17-16(14(2)3)13-19(5)12-15-7-10-18(4)11-8-15/h14-17H,6-13H2,1-5H3. The van der Waals surface area contributed by atoms with E-state index < -0.39 is 0 Å². The van der Waals surface area contributed by atoms with Gasteiger partial charge >= 0.3 is 0 Å². The maximum absolute atomic E-state index is 3.69. The van der Waals surface area contributed by atoms with E-state index in [-0.39, 0.29) is 0 Å². The van der Waals surface area contributed by atoms with Crippen molar-refractivity contribution in [3.05, 3.63) is 0 Å². The minimum Gasteiger partial charge on any atom is -0.312 e. The first kappa shape index (κ1) is 16.9. The molecule has 19 heavy (non-hydrogen) atoms. The van der Waals surface area contributed by atoms with Gasteiger partial charge in [0.15, 0.2) is 0 Å². The van der Waals surface area contributed by atoms with E-state index in [1.807, 2.05) is 0 Å². The summed E-state index contributed by atoms with van der Waals surface area (Å²) in [5.74, 6) is 1.62. The zero-order valence-electron chi connectivity index (χ0n) is 13.8. The van der Waals surface area contributed by atoms with Gasteiger partial charge in [0.05, 0.1) is 0 Å². The normalized spacial score (nSPS) is 20.4. The van der Waals surface area contributed by atoms with Crippen LogP contribution in [-0.4, -0.2) is 62.7 Å². The molecule has 0 aromatic heterocycles. The molecule has 1 heterocycles. The van der Waals surface area contributed by atoms with E-state index >= 15 is 0 Å². The number of piperidine rings is 1. The van der Waals surface area contributed by atoms with E-state index in [2.05, 4.69) is 50.0 Å². The van der Waals surface area contributed by atoms with Crippen LogP contribution in [0.4, 0.5) is 0 Å². The van der Waals surface area contributed by atoms with Gasteiger partial charge in [-0.05, 0) is 64.8 Å². The highest BCUT2D eigenvalue weighted by Crippen LogP contribution is 2.17. The zero-order chi connectivity index (χ0) is 14.3. The Hall–Kier alpha value is -0.120. The van der Waals surface area contributed by atoms with Crippen molar-refractivity contribution in [2.45, 2.75) is 46.1 Å². The number of rotatable bonds is 8. The largest absolute Gasteiger partial charge is 0.312 e. The molecule has 1 N–H and O–H groups in total. The lowest BCUT2D eigenvalue weighted by atomic mass is 9.96. The van der Waals surface area contributed by atoms with Crippen LogP contribution in [0.5, 0.6) is 0 Å². The highest BCUT2D eigenvalue weighted by molar-refractivity contribution is 4.77. The highest BCUT2D eigenvalue weighted by atomic mass is 15.1. The van der Waals surface area contributed by atoms with Gasteiger partial charge < -0.3 is 15.1 Å². The fraction of sp³-hybridized carbons (Fsp3) is 1.00. The predicted octanol–water partition coefficient (Wildman–Crippen LogP) is 2.28. The average Bonchev–Trinajstić information content (AvgIpc) is 2.37. The van der Waals surface area contributed by atoms with Crippen molar-refractivity contribution in [3.8, 4) is 0 Å². The Labute approximate surface area is 120 Å². The van der Waals surface area contributed by atoms with Crippen LogP contribution in [0.15, 0.2) is 0 Å². The van der Waals surface area contributed by atoms with E-state index in [0.29, 0.717) is 12.0 Å². The Morgan fingerprint density at radius 2 is 1.89 bits per heavy atom. The molecule has 0 bridgehead atoms. The molecule has 0 aromatic rings. The minimum absolute atomic E-state index is 0.635. The SMILES string of the molecule is CCCNC(CN(C)CC1CCN(C)CC1)C(C)C. The molecule has 1 unspecified atom stereocenters. The van der Waals surface area contributed by atoms with E-state index in [9.17, 15) is 0 Å². The Balaban J connectivity index is 2.29. The van der Waals surface area contributed by atoms with Crippen molar-refractivity contribution in [3.63, 3.8) is 0 Å². The zero-order valence-corrected chi connectivity index (χ0v) is 13.8. The Morgan fingerprint density at radius 1 is 1.26 bits per heavy atom. The van der Waals surface area contributed by atoms with Gasteiger partial charge in [-0.2, -0.15) is 0 Å². The van der Waals surface area contributed by atoms with Crippen molar-refractivity contribution in [1.29, 1.82) is 0 Å². The Morgan fingerprint density at radius 3 is 2.42 bits per heavy atom. The molecule has 3 heteroatoms. The molecule has 0 spiro atoms. The fourth-order valence-electron chi connectivity index (χ4n) is 2.94. The van der Waals surface area contributed by atoms with Crippen LogP contribution in [0.3, 0.4) is 0 Å². The third-order valence-corrected chi connectivity index (χ3v) is 4.38. The lowest BCUT2D eigenvalue weighted by molar-refractivity contribution is 0.163. The number of hydrogen-bond donors (Lipinski definition) is 1. The number of hydrogen-bond acceptors (Lipinski definition) is 3. The highest BCUT2D eigenvalue weighted by Gasteiger charge is 2.20. The molecule has 1 rings (SSSR count). The third-order valence-electron chi connectivity index (χ3n) is 4.38. The van der Waals surface area contributed by atoms with E-state index in [0.717, 1.165) is 12.5 Å². The predicted molar refractivity (Wildman–Crippen MR) is 84.6 cm³/mol. The third kappa shape index (κ3) is 6.73. The van der Waals surface area contributed by atoms with E-state index in [4.69, 9.17) is 0 Å². The summed E-state index contributed by atoms with van der Waals surface area (Å²) in [5, 5.41) is 3.69. The molecular formula is C16H35N3. The molecule has 1 aliphatic rings. The monoisotopic (exact) mass is 269 g/mol. The second kappa shape index (κ2) is 8.93. The summed E-state index contributed by atoms with van der Waals surface area (Å²) in [4.78, 5) is 5.00. The van der Waals surface area contributed by atoms with Gasteiger partial charge in [0, 0.05) is 19.1 Å². The number of nitrogens with zero attached hydrogens (tertiary/aromatic N) is 2. The second-order valence-electron chi connectivity index (χ2n) is 6.77. The number of likely N-dealkylation sites (tertiary alicyclic amines) is 1. The van der Waals surface area contributed by atoms with Crippen molar-refractivity contribution in [2.24, 2.45) is 11.8 Å². The van der Waals surface area contributed by atoms with Crippen LogP contribution in [0.2, 0.25) is 0 Å². The van der Waals surface area contributed by atoms with Crippen LogP contribution in [0.25, 0.3) is 0 Å². The molecule has 0 amide bonds. The molecule has 3 nitrogen and oxygen atoms in total. The maximum atomic E-state index is 3.69. The molecular weight excluding hydrogens is 234 g/mol. The molecule has 1 fully saturated rings. The van der Waals surface area contributed by atoms with Gasteiger partial charge in [-0.15, -0.1) is 0 Å². The second-order valence-corrected chi connectivity index (χ2v) is 6.77. The number of nitrogens with one attached hydrogen (secondary N) is 1. The summed E-state index contributed by atoms with van der Waals surface area (Å²) in [6, 6.07) is 0.635. The maximum Gasteiger partial charge on any atom is 0.0217 e. The molecule has 1 atom stereocenters. The number of likely N-dealkylation sites (N-methyl/N-ethyl adjacent to an activating group) is 1. The Bertz CT molecular complexity index is 222. The summed E-state index contributed by atoms with van der Waals surface area (Å²) in [7, 11) is 4.53. The van der Waals surface area contributed by atoms with Crippen molar-refractivity contribution in [2.75, 3.05) is 46.8 Å². The van der Waals surface area contributed by atoms with Gasteiger partial charge in [-0.3, -0.25) is 0 Å². The van der Waals surface area contributed by atoms with Crippen LogP contribution < -0.4 is 5.32 Å². The first-order valence-corrected chi connectivity index (χ1v) is 8.13. The molecule has 0 aromatic carbocycles. The summed E-state index contributed by atoms with van der Waals surface area (Å²) in [5.41, 5.74) is 0. The quantitative estimate of drug-likeness (QED) is 0.729. The molecule has 0 saturated carbocycles. The molecule has 1 saturated heterocycles. The molecule has 1 aliphatic heterocycles. The van der Waals surface area contributed by atoms with Crippen molar-refractivity contribution < 1.29 is 0 Å². The van der Waals surface area contributed by atoms with Crippen LogP contribution in [-0.2, 0) is 0 Å². The molecule has 0 aliphatic carbocycles. The average molecular weight is 269 g/mol. The minimum atomic E-state index is 0.635. The lowest BCUT2D eigenvalue weighted by Crippen LogP contribution is -2.45. The topological polar surface area (TPSA) is 18.5 Å². The van der Waals surface area contributed by atoms with Crippen molar-refractivity contribution in [1.82, 2.24) is 15.1 Å². The van der Waals surface area contributed by atoms with Gasteiger partial charge in [-0.25, -0.2) is 0 Å². The van der Waals surface area contributed by atoms with E-state index in [1.165, 1.54) is 45.4 Å².